The maximum absolute atomic E-state index is 12.1. The molecule has 1 atom stereocenters. The van der Waals surface area contributed by atoms with Gasteiger partial charge in [0.05, 0.1) is 0 Å². The fourth-order valence-electron chi connectivity index (χ4n) is 2.29. The van der Waals surface area contributed by atoms with Gasteiger partial charge in [-0.3, -0.25) is 4.90 Å². The number of hydrogen-bond donors (Lipinski definition) is 1. The Hall–Kier alpha value is 0.610. The zero-order chi connectivity index (χ0) is 12.5. The highest BCUT2D eigenvalue weighted by molar-refractivity contribution is 8.01. The average molecular weight is 295 g/mol. The van der Waals surface area contributed by atoms with Gasteiger partial charge >= 0.3 is 0 Å². The van der Waals surface area contributed by atoms with E-state index in [-0.39, 0.29) is 11.1 Å². The monoisotopic (exact) mass is 295 g/mol. The zero-order valence-electron chi connectivity index (χ0n) is 10.3. The van der Waals surface area contributed by atoms with Gasteiger partial charge in [-0.1, -0.05) is 6.92 Å². The van der Waals surface area contributed by atoms with E-state index in [4.69, 9.17) is 0 Å². The highest BCUT2D eigenvalue weighted by Gasteiger charge is 2.45. The van der Waals surface area contributed by atoms with Gasteiger partial charge in [0.2, 0.25) is 0 Å². The van der Waals surface area contributed by atoms with E-state index in [2.05, 4.69) is 17.5 Å². The van der Waals surface area contributed by atoms with Crippen LogP contribution in [0.4, 0.5) is 0 Å². The molecule has 2 rings (SSSR count). The van der Waals surface area contributed by atoms with Crippen molar-refractivity contribution in [3.05, 3.63) is 0 Å². The highest BCUT2D eigenvalue weighted by Crippen LogP contribution is 2.47. The Morgan fingerprint density at radius 2 is 2.18 bits per heavy atom. The van der Waals surface area contributed by atoms with Gasteiger partial charge in [-0.15, -0.1) is 0 Å². The summed E-state index contributed by atoms with van der Waals surface area (Å²) in [5.74, 6) is 2.93. The molecule has 0 aromatic carbocycles. The van der Waals surface area contributed by atoms with E-state index in [1.54, 1.807) is 18.7 Å². The van der Waals surface area contributed by atoms with Gasteiger partial charge in [0, 0.05) is 30.3 Å². The van der Waals surface area contributed by atoms with Gasteiger partial charge in [-0.25, -0.2) is 8.42 Å². The summed E-state index contributed by atoms with van der Waals surface area (Å²) in [5.41, 5.74) is 0.312. The van der Waals surface area contributed by atoms with Crippen LogP contribution in [0.2, 0.25) is 0 Å². The molecule has 0 aromatic heterocycles. The molecule has 6 heteroatoms. The van der Waals surface area contributed by atoms with E-state index < -0.39 is 9.84 Å². The van der Waals surface area contributed by atoms with E-state index >= 15 is 0 Å². The van der Waals surface area contributed by atoms with Crippen LogP contribution in [-0.2, 0) is 9.84 Å². The van der Waals surface area contributed by atoms with E-state index in [0.29, 0.717) is 5.41 Å². The van der Waals surface area contributed by atoms with E-state index in [1.165, 1.54) is 12.8 Å². The number of hydrogen-bond acceptors (Lipinski definition) is 5. The van der Waals surface area contributed by atoms with Crippen molar-refractivity contribution in [3.63, 3.8) is 0 Å². The van der Waals surface area contributed by atoms with Gasteiger partial charge < -0.3 is 0 Å². The molecule has 1 aliphatic heterocycles. The molecular weight excluding hydrogens is 274 g/mol. The summed E-state index contributed by atoms with van der Waals surface area (Å²) in [7, 11) is -2.94. The third kappa shape index (κ3) is 3.14. The summed E-state index contributed by atoms with van der Waals surface area (Å²) < 4.78 is 24.2. The minimum absolute atomic E-state index is 0.253. The zero-order valence-corrected chi connectivity index (χ0v) is 12.8. The summed E-state index contributed by atoms with van der Waals surface area (Å²) in [5, 5.41) is -0.261. The fourth-order valence-corrected chi connectivity index (χ4v) is 5.79. The molecule has 1 saturated carbocycles. The molecule has 2 aliphatic rings. The van der Waals surface area contributed by atoms with Crippen LogP contribution in [0.5, 0.6) is 0 Å². The van der Waals surface area contributed by atoms with Crippen molar-refractivity contribution in [2.45, 2.75) is 25.1 Å². The molecule has 100 valence electrons. The smallest absolute Gasteiger partial charge is 0.166 e. The Balaban J connectivity index is 2.07. The summed E-state index contributed by atoms with van der Waals surface area (Å²) in [6.07, 6.45) is 2.41. The van der Waals surface area contributed by atoms with Crippen LogP contribution in [0.15, 0.2) is 0 Å². The second-order valence-electron chi connectivity index (χ2n) is 5.11. The molecular formula is C11H21NO2S3. The minimum Gasteiger partial charge on any atom is -0.285 e. The van der Waals surface area contributed by atoms with Crippen LogP contribution in [-0.4, -0.2) is 54.8 Å². The molecule has 17 heavy (non-hydrogen) atoms. The third-order valence-electron chi connectivity index (χ3n) is 3.84. The maximum atomic E-state index is 12.1. The lowest BCUT2D eigenvalue weighted by atomic mass is 10.1. The Bertz CT molecular complexity index is 365. The predicted octanol–water partition coefficient (Wildman–Crippen LogP) is 1.51. The molecule has 0 bridgehead atoms. The van der Waals surface area contributed by atoms with E-state index in [1.807, 2.05) is 0 Å². The first-order valence-electron chi connectivity index (χ1n) is 6.17. The Morgan fingerprint density at radius 3 is 2.71 bits per heavy atom. The van der Waals surface area contributed by atoms with Crippen molar-refractivity contribution in [2.24, 2.45) is 5.41 Å². The third-order valence-corrected chi connectivity index (χ3v) is 7.84. The van der Waals surface area contributed by atoms with E-state index in [0.717, 1.165) is 30.3 Å². The summed E-state index contributed by atoms with van der Waals surface area (Å²) in [6.45, 7) is 3.57. The molecule has 1 saturated heterocycles. The Kier molecular flexibility index (Phi) is 4.38. The van der Waals surface area contributed by atoms with Crippen LogP contribution in [0, 0.1) is 5.41 Å². The van der Waals surface area contributed by atoms with Crippen LogP contribution in [0.25, 0.3) is 0 Å². The lowest BCUT2D eigenvalue weighted by molar-refractivity contribution is 0.226. The number of rotatable bonds is 5. The normalized spacial score (nSPS) is 29.2. The van der Waals surface area contributed by atoms with Crippen molar-refractivity contribution < 1.29 is 8.42 Å². The molecule has 0 N–H and O–H groups in total. The molecule has 1 unspecified atom stereocenters. The molecule has 0 amide bonds. The molecule has 3 nitrogen and oxygen atoms in total. The molecule has 1 aliphatic carbocycles. The van der Waals surface area contributed by atoms with Gasteiger partial charge in [0.1, 0.15) is 5.37 Å². The molecule has 2 fully saturated rings. The van der Waals surface area contributed by atoms with Crippen molar-refractivity contribution >= 4 is 34.2 Å². The standard InChI is InChI=1S/C11H21NO2S3/c1-2-17(13,14)10-7-16-6-5-12(10)8-11(9-15)3-4-11/h10,15H,2-9H2,1H3. The minimum atomic E-state index is -2.94. The average Bonchev–Trinajstić information content (AvgIpc) is 3.10. The van der Waals surface area contributed by atoms with Crippen LogP contribution in [0.3, 0.4) is 0 Å². The Labute approximate surface area is 114 Å². The predicted molar refractivity (Wildman–Crippen MR) is 77.7 cm³/mol. The van der Waals surface area contributed by atoms with Crippen molar-refractivity contribution in [3.8, 4) is 0 Å². The van der Waals surface area contributed by atoms with Crippen LogP contribution >= 0.6 is 24.4 Å². The summed E-state index contributed by atoms with van der Waals surface area (Å²) >= 11 is 6.17. The SMILES string of the molecule is CCS(=O)(=O)C1CSCCN1CC1(CS)CC1. The first-order valence-corrected chi connectivity index (χ1v) is 9.67. The number of nitrogens with zero attached hydrogens (tertiary/aromatic N) is 1. The fraction of sp³-hybridized carbons (Fsp3) is 1.00. The Morgan fingerprint density at radius 1 is 1.47 bits per heavy atom. The maximum Gasteiger partial charge on any atom is 0.166 e. The summed E-state index contributed by atoms with van der Waals surface area (Å²) in [4.78, 5) is 2.19. The molecule has 0 spiro atoms. The van der Waals surface area contributed by atoms with E-state index in [9.17, 15) is 8.42 Å². The number of thiol groups is 1. The lowest BCUT2D eigenvalue weighted by Gasteiger charge is -2.36. The topological polar surface area (TPSA) is 37.4 Å². The molecule has 0 radical (unpaired) electrons. The second kappa shape index (κ2) is 5.31. The largest absolute Gasteiger partial charge is 0.285 e. The molecule has 0 aromatic rings. The van der Waals surface area contributed by atoms with Crippen LogP contribution < -0.4 is 0 Å². The van der Waals surface area contributed by atoms with Gasteiger partial charge in [0.15, 0.2) is 9.84 Å². The number of thioether (sulfide) groups is 1. The van der Waals surface area contributed by atoms with Gasteiger partial charge in [-0.2, -0.15) is 24.4 Å². The van der Waals surface area contributed by atoms with Crippen molar-refractivity contribution in [1.29, 1.82) is 0 Å². The second-order valence-corrected chi connectivity index (χ2v) is 9.02. The summed E-state index contributed by atoms with van der Waals surface area (Å²) in [6, 6.07) is 0. The van der Waals surface area contributed by atoms with Gasteiger partial charge in [-0.05, 0) is 24.0 Å². The van der Waals surface area contributed by atoms with Crippen molar-refractivity contribution in [1.82, 2.24) is 4.90 Å². The van der Waals surface area contributed by atoms with Gasteiger partial charge in [0.25, 0.3) is 0 Å². The quantitative estimate of drug-likeness (QED) is 0.780. The molecule has 1 heterocycles. The van der Waals surface area contributed by atoms with Crippen molar-refractivity contribution in [2.75, 3.05) is 36.1 Å². The highest BCUT2D eigenvalue weighted by atomic mass is 32.2. The number of sulfone groups is 1. The lowest BCUT2D eigenvalue weighted by Crippen LogP contribution is -2.50. The first kappa shape index (κ1) is 14.0. The van der Waals surface area contributed by atoms with Crippen LogP contribution in [0.1, 0.15) is 19.8 Å². The first-order chi connectivity index (χ1) is 8.03.